The maximum absolute atomic E-state index is 10.8. The lowest BCUT2D eigenvalue weighted by atomic mass is 10.0. The highest BCUT2D eigenvalue weighted by atomic mass is 35.5. The van der Waals surface area contributed by atoms with Crippen LogP contribution in [0.1, 0.15) is 37.3 Å². The zero-order valence-electron chi connectivity index (χ0n) is 18.9. The Kier molecular flexibility index (Phi) is 9.52. The van der Waals surface area contributed by atoms with E-state index in [1.165, 1.54) is 4.90 Å². The zero-order valence-corrected chi connectivity index (χ0v) is 20.5. The summed E-state index contributed by atoms with van der Waals surface area (Å²) in [7, 11) is 0. The van der Waals surface area contributed by atoms with Crippen molar-refractivity contribution in [2.75, 3.05) is 5.75 Å². The van der Waals surface area contributed by atoms with Crippen molar-refractivity contribution in [2.45, 2.75) is 50.5 Å². The summed E-state index contributed by atoms with van der Waals surface area (Å²) in [5.41, 5.74) is 2.22. The van der Waals surface area contributed by atoms with E-state index >= 15 is 0 Å². The number of allylic oxidation sites excluding steroid dienone is 5. The van der Waals surface area contributed by atoms with Crippen LogP contribution < -0.4 is 9.47 Å². The molecule has 0 bridgehead atoms. The predicted molar refractivity (Wildman–Crippen MR) is 136 cm³/mol. The molecule has 1 N–H and O–H groups in total. The average Bonchev–Trinajstić information content (AvgIpc) is 3.03. The quantitative estimate of drug-likeness (QED) is 0.337. The smallest absolute Gasteiger partial charge is 0.303 e. The topological polar surface area (TPSA) is 55.8 Å². The summed E-state index contributed by atoms with van der Waals surface area (Å²) in [5, 5.41) is 9.47. The van der Waals surface area contributed by atoms with Gasteiger partial charge in [-0.25, -0.2) is 0 Å². The second-order valence-electron chi connectivity index (χ2n) is 7.88. The molecule has 2 aromatic carbocycles. The Labute approximate surface area is 204 Å². The molecule has 0 aliphatic heterocycles. The largest absolute Gasteiger partial charge is 0.487 e. The molecule has 1 atom stereocenters. The number of thioether (sulfide) groups is 1. The third-order valence-electron chi connectivity index (χ3n) is 5.13. The van der Waals surface area contributed by atoms with Crippen molar-refractivity contribution in [3.63, 3.8) is 0 Å². The van der Waals surface area contributed by atoms with E-state index in [1.807, 2.05) is 50.3 Å². The zero-order chi connectivity index (χ0) is 23.6. The van der Waals surface area contributed by atoms with Gasteiger partial charge in [0.2, 0.25) is 0 Å². The first-order chi connectivity index (χ1) is 15.9. The summed E-state index contributed by atoms with van der Waals surface area (Å²) in [5.74, 6) is 2.13. The van der Waals surface area contributed by atoms with Crippen molar-refractivity contribution in [1.29, 1.82) is 0 Å². The number of hydrogen-bond acceptors (Lipinski definition) is 4. The fourth-order valence-electron chi connectivity index (χ4n) is 3.31. The van der Waals surface area contributed by atoms with Gasteiger partial charge >= 0.3 is 5.97 Å². The van der Waals surface area contributed by atoms with Gasteiger partial charge in [0.1, 0.15) is 5.76 Å². The first-order valence-corrected chi connectivity index (χ1v) is 12.4. The highest BCUT2D eigenvalue weighted by molar-refractivity contribution is 7.99. The molecule has 174 valence electrons. The van der Waals surface area contributed by atoms with Crippen LogP contribution in [0.2, 0.25) is 5.02 Å². The Morgan fingerprint density at radius 2 is 2.03 bits per heavy atom. The van der Waals surface area contributed by atoms with Crippen LogP contribution >= 0.6 is 23.4 Å². The molecule has 0 spiro atoms. The van der Waals surface area contributed by atoms with Crippen LogP contribution in [0, 0.1) is 6.92 Å². The molecule has 33 heavy (non-hydrogen) atoms. The number of aliphatic carboxylic acids is 1. The maximum atomic E-state index is 10.8. The summed E-state index contributed by atoms with van der Waals surface area (Å²) in [6.07, 6.45) is 12.4. The van der Waals surface area contributed by atoms with Crippen LogP contribution in [0.4, 0.5) is 0 Å². The molecule has 4 nitrogen and oxygen atoms in total. The Morgan fingerprint density at radius 1 is 1.18 bits per heavy atom. The summed E-state index contributed by atoms with van der Waals surface area (Å²) in [6, 6.07) is 11.6. The van der Waals surface area contributed by atoms with E-state index in [-0.39, 0.29) is 12.5 Å². The van der Waals surface area contributed by atoms with Crippen molar-refractivity contribution in [1.82, 2.24) is 0 Å². The Hall–Kier alpha value is -2.63. The minimum atomic E-state index is -0.768. The number of ether oxygens (including phenoxy) is 2. The molecule has 1 aliphatic rings. The Balaban J connectivity index is 1.54. The molecule has 0 fully saturated rings. The van der Waals surface area contributed by atoms with E-state index in [1.54, 1.807) is 23.9 Å². The lowest BCUT2D eigenvalue weighted by Gasteiger charge is -2.18. The molecule has 3 rings (SSSR count). The van der Waals surface area contributed by atoms with Crippen LogP contribution in [-0.2, 0) is 11.2 Å². The fraction of sp³-hybridized carbons (Fsp3) is 0.296. The summed E-state index contributed by atoms with van der Waals surface area (Å²) in [4.78, 5) is 12.0. The third kappa shape index (κ3) is 8.34. The standard InChI is InChI=1S/C27H29ClO4S/c1-19-17-24(12-9-21(19)10-14-27(29)30)33-16-15-20(2)31-25-13-11-22(28)18-26(25)32-23-7-5-3-4-6-8-23/h3,5-9,11-13,17-18,20H,4,10,14-16H2,1-2H3,(H,29,30). The second-order valence-corrected chi connectivity index (χ2v) is 9.48. The lowest BCUT2D eigenvalue weighted by molar-refractivity contribution is -0.136. The Bertz CT molecular complexity index is 1060. The number of carboxylic acids is 1. The van der Waals surface area contributed by atoms with Gasteiger partial charge in [-0.15, -0.1) is 11.8 Å². The monoisotopic (exact) mass is 484 g/mol. The van der Waals surface area contributed by atoms with Gasteiger partial charge in [-0.2, -0.15) is 0 Å². The highest BCUT2D eigenvalue weighted by Gasteiger charge is 2.13. The van der Waals surface area contributed by atoms with E-state index in [0.29, 0.717) is 22.9 Å². The van der Waals surface area contributed by atoms with Crippen LogP contribution in [0.5, 0.6) is 11.5 Å². The van der Waals surface area contributed by atoms with Crippen molar-refractivity contribution >= 4 is 29.3 Å². The van der Waals surface area contributed by atoms with Gasteiger partial charge in [-0.1, -0.05) is 35.9 Å². The SMILES string of the molecule is Cc1cc(SCCC(C)Oc2ccc(Cl)cc2OC2=CC=CCC=C2)ccc1CCC(=O)O. The van der Waals surface area contributed by atoms with E-state index < -0.39 is 5.97 Å². The molecule has 0 radical (unpaired) electrons. The summed E-state index contributed by atoms with van der Waals surface area (Å²) in [6.45, 7) is 4.08. The molecule has 6 heteroatoms. The first kappa shape index (κ1) is 25.0. The molecule has 0 amide bonds. The summed E-state index contributed by atoms with van der Waals surface area (Å²) >= 11 is 7.96. The molecule has 0 saturated carbocycles. The minimum absolute atomic E-state index is 0.00415. The van der Waals surface area contributed by atoms with Gasteiger partial charge in [0.05, 0.1) is 6.10 Å². The van der Waals surface area contributed by atoms with Crippen LogP contribution in [0.15, 0.2) is 77.4 Å². The number of carbonyl (C=O) groups is 1. The predicted octanol–water partition coefficient (Wildman–Crippen LogP) is 7.39. The van der Waals surface area contributed by atoms with Crippen molar-refractivity contribution < 1.29 is 19.4 Å². The van der Waals surface area contributed by atoms with Crippen LogP contribution in [0.3, 0.4) is 0 Å². The highest BCUT2D eigenvalue weighted by Crippen LogP contribution is 2.33. The number of benzene rings is 2. The Morgan fingerprint density at radius 3 is 2.82 bits per heavy atom. The number of aryl methyl sites for hydroxylation is 2. The molecule has 1 unspecified atom stereocenters. The average molecular weight is 485 g/mol. The van der Waals surface area contributed by atoms with Gasteiger partial charge in [0.25, 0.3) is 0 Å². The van der Waals surface area contributed by atoms with Gasteiger partial charge < -0.3 is 14.6 Å². The van der Waals surface area contributed by atoms with E-state index in [0.717, 1.165) is 35.5 Å². The molecule has 0 aromatic heterocycles. The van der Waals surface area contributed by atoms with Gasteiger partial charge in [0, 0.05) is 28.2 Å². The van der Waals surface area contributed by atoms with Gasteiger partial charge in [-0.05, 0) is 80.7 Å². The normalized spacial score (nSPS) is 13.8. The maximum Gasteiger partial charge on any atom is 0.303 e. The molecule has 0 heterocycles. The van der Waals surface area contributed by atoms with Crippen LogP contribution in [0.25, 0.3) is 0 Å². The third-order valence-corrected chi connectivity index (χ3v) is 6.39. The molecular weight excluding hydrogens is 456 g/mol. The van der Waals surface area contributed by atoms with Crippen molar-refractivity contribution in [3.8, 4) is 11.5 Å². The number of rotatable bonds is 11. The molecule has 2 aromatic rings. The molecular formula is C27H29ClO4S. The molecule has 0 saturated heterocycles. The second kappa shape index (κ2) is 12.6. The fourth-order valence-corrected chi connectivity index (χ4v) is 4.58. The van der Waals surface area contributed by atoms with Gasteiger partial charge in [0.15, 0.2) is 11.5 Å². The van der Waals surface area contributed by atoms with Crippen molar-refractivity contribution in [2.24, 2.45) is 0 Å². The first-order valence-electron chi connectivity index (χ1n) is 11.0. The van der Waals surface area contributed by atoms with Crippen LogP contribution in [-0.4, -0.2) is 22.9 Å². The number of carboxylic acid groups (broad SMARTS) is 1. The minimum Gasteiger partial charge on any atom is -0.487 e. The van der Waals surface area contributed by atoms with E-state index in [2.05, 4.69) is 18.2 Å². The summed E-state index contributed by atoms with van der Waals surface area (Å²) < 4.78 is 12.2. The molecule has 1 aliphatic carbocycles. The van der Waals surface area contributed by atoms with Gasteiger partial charge in [-0.3, -0.25) is 4.79 Å². The van der Waals surface area contributed by atoms with E-state index in [9.17, 15) is 4.79 Å². The van der Waals surface area contributed by atoms with Crippen molar-refractivity contribution in [3.05, 3.63) is 88.7 Å². The van der Waals surface area contributed by atoms with E-state index in [4.69, 9.17) is 26.2 Å². The number of hydrogen-bond donors (Lipinski definition) is 1. The lowest BCUT2D eigenvalue weighted by Crippen LogP contribution is -2.13. The number of halogens is 1.